The van der Waals surface area contributed by atoms with E-state index in [9.17, 15) is 4.79 Å². The molecule has 78 valence electrons. The molecular weight excluding hydrogens is 196 g/mol. The van der Waals surface area contributed by atoms with Crippen LogP contribution in [-0.4, -0.2) is 17.3 Å². The number of methoxy groups -OCH3 is 1. The fourth-order valence-electron chi connectivity index (χ4n) is 1.38. The predicted octanol–water partition coefficient (Wildman–Crippen LogP) is 1.35. The van der Waals surface area contributed by atoms with Crippen LogP contribution >= 0.6 is 0 Å². The summed E-state index contributed by atoms with van der Waals surface area (Å²) in [6.45, 7) is 1.92. The van der Waals surface area contributed by atoms with Crippen molar-refractivity contribution in [3.05, 3.63) is 34.3 Å². The Bertz CT molecular complexity index is 527. The van der Waals surface area contributed by atoms with Crippen molar-refractivity contribution in [2.75, 3.05) is 7.11 Å². The minimum Gasteiger partial charge on any atom is -0.496 e. The van der Waals surface area contributed by atoms with Crippen molar-refractivity contribution in [3.8, 4) is 17.1 Å². The summed E-state index contributed by atoms with van der Waals surface area (Å²) < 4.78 is 9.55. The number of rotatable bonds is 2. The fourth-order valence-corrected chi connectivity index (χ4v) is 1.38. The molecule has 1 aromatic heterocycles. The largest absolute Gasteiger partial charge is 0.496 e. The van der Waals surface area contributed by atoms with Gasteiger partial charge in [-0.2, -0.15) is 0 Å². The van der Waals surface area contributed by atoms with Crippen LogP contribution in [0.4, 0.5) is 0 Å². The van der Waals surface area contributed by atoms with Gasteiger partial charge >= 0.3 is 5.76 Å². The highest BCUT2D eigenvalue weighted by Gasteiger charge is 2.06. The van der Waals surface area contributed by atoms with Crippen LogP contribution < -0.4 is 10.5 Å². The zero-order valence-corrected chi connectivity index (χ0v) is 8.40. The molecule has 5 nitrogen and oxygen atoms in total. The van der Waals surface area contributed by atoms with Crippen molar-refractivity contribution in [2.45, 2.75) is 6.92 Å². The molecule has 0 saturated carbocycles. The first kappa shape index (κ1) is 9.51. The zero-order valence-electron chi connectivity index (χ0n) is 8.40. The first-order valence-corrected chi connectivity index (χ1v) is 4.41. The number of nitrogens with one attached hydrogen (secondary N) is 1. The molecule has 1 heterocycles. The normalized spacial score (nSPS) is 10.3. The number of H-pyrrole nitrogens is 1. The summed E-state index contributed by atoms with van der Waals surface area (Å²) in [4.78, 5) is 13.2. The van der Waals surface area contributed by atoms with Gasteiger partial charge in [-0.05, 0) is 30.7 Å². The molecule has 0 aliphatic carbocycles. The summed E-state index contributed by atoms with van der Waals surface area (Å²) in [6, 6.07) is 5.49. The smallest absolute Gasteiger partial charge is 0.439 e. The van der Waals surface area contributed by atoms with Crippen molar-refractivity contribution in [2.24, 2.45) is 0 Å². The molecule has 0 amide bonds. The standard InChI is InChI=1S/C10H10N2O3/c1-6-5-7(3-4-8(6)14-2)9-11-10(13)15-12-9/h3-5H,1-2H3,(H,11,12,13). The van der Waals surface area contributed by atoms with Gasteiger partial charge in [0.05, 0.1) is 7.11 Å². The van der Waals surface area contributed by atoms with E-state index in [1.165, 1.54) is 0 Å². The molecule has 15 heavy (non-hydrogen) atoms. The lowest BCUT2D eigenvalue weighted by Gasteiger charge is -2.04. The van der Waals surface area contributed by atoms with Crippen LogP contribution in [0.15, 0.2) is 27.5 Å². The SMILES string of the molecule is COc1ccc(-c2noc(=O)[nH]2)cc1C. The highest BCUT2D eigenvalue weighted by Crippen LogP contribution is 2.22. The summed E-state index contributed by atoms with van der Waals surface area (Å²) in [5.74, 6) is 0.661. The number of hydrogen-bond donors (Lipinski definition) is 1. The van der Waals surface area contributed by atoms with Gasteiger partial charge in [-0.3, -0.25) is 9.51 Å². The molecule has 0 aliphatic heterocycles. The van der Waals surface area contributed by atoms with E-state index in [1.54, 1.807) is 13.2 Å². The monoisotopic (exact) mass is 206 g/mol. The Morgan fingerprint density at radius 1 is 1.47 bits per heavy atom. The van der Waals surface area contributed by atoms with Crippen LogP contribution in [0, 0.1) is 6.92 Å². The van der Waals surface area contributed by atoms with Gasteiger partial charge in [-0.1, -0.05) is 5.16 Å². The molecule has 2 rings (SSSR count). The third-order valence-electron chi connectivity index (χ3n) is 2.11. The molecular formula is C10H10N2O3. The summed E-state index contributed by atoms with van der Waals surface area (Å²) in [7, 11) is 1.61. The zero-order chi connectivity index (χ0) is 10.8. The molecule has 1 aromatic carbocycles. The number of aromatic nitrogens is 2. The number of benzene rings is 1. The molecule has 5 heteroatoms. The van der Waals surface area contributed by atoms with Crippen LogP contribution in [0.2, 0.25) is 0 Å². The van der Waals surface area contributed by atoms with Gasteiger partial charge in [-0.25, -0.2) is 4.79 Å². The van der Waals surface area contributed by atoms with Gasteiger partial charge in [0, 0.05) is 5.56 Å². The van der Waals surface area contributed by atoms with Crippen LogP contribution in [0.1, 0.15) is 5.56 Å². The van der Waals surface area contributed by atoms with E-state index < -0.39 is 5.76 Å². The summed E-state index contributed by atoms with van der Waals surface area (Å²) in [5, 5.41) is 3.60. The molecule has 0 aliphatic rings. The van der Waals surface area contributed by atoms with Crippen molar-refractivity contribution in [1.29, 1.82) is 0 Å². The van der Waals surface area contributed by atoms with Crippen molar-refractivity contribution < 1.29 is 9.26 Å². The highest BCUT2D eigenvalue weighted by molar-refractivity contribution is 5.57. The summed E-state index contributed by atoms with van der Waals surface area (Å²) >= 11 is 0. The molecule has 0 atom stereocenters. The van der Waals surface area contributed by atoms with Gasteiger partial charge in [0.2, 0.25) is 0 Å². The van der Waals surface area contributed by atoms with Gasteiger partial charge in [0.15, 0.2) is 5.82 Å². The van der Waals surface area contributed by atoms with Crippen molar-refractivity contribution >= 4 is 0 Å². The lowest BCUT2D eigenvalue weighted by molar-refractivity contribution is 0.388. The number of aryl methyl sites for hydroxylation is 1. The van der Waals surface area contributed by atoms with Gasteiger partial charge in [0.25, 0.3) is 0 Å². The predicted molar refractivity (Wildman–Crippen MR) is 53.8 cm³/mol. The maximum absolute atomic E-state index is 10.8. The second-order valence-corrected chi connectivity index (χ2v) is 3.13. The van der Waals surface area contributed by atoms with E-state index in [2.05, 4.69) is 14.7 Å². The fraction of sp³-hybridized carbons (Fsp3) is 0.200. The van der Waals surface area contributed by atoms with Crippen LogP contribution in [0.5, 0.6) is 5.75 Å². The average molecular weight is 206 g/mol. The Morgan fingerprint density at radius 3 is 2.80 bits per heavy atom. The second-order valence-electron chi connectivity index (χ2n) is 3.13. The third kappa shape index (κ3) is 1.76. The number of hydrogen-bond acceptors (Lipinski definition) is 4. The van der Waals surface area contributed by atoms with Crippen LogP contribution in [-0.2, 0) is 0 Å². The van der Waals surface area contributed by atoms with Gasteiger partial charge in [0.1, 0.15) is 5.75 Å². The van der Waals surface area contributed by atoms with E-state index >= 15 is 0 Å². The number of nitrogens with zero attached hydrogens (tertiary/aromatic N) is 1. The Hall–Kier alpha value is -2.04. The van der Waals surface area contributed by atoms with Crippen LogP contribution in [0.3, 0.4) is 0 Å². The Kier molecular flexibility index (Phi) is 2.29. The lowest BCUT2D eigenvalue weighted by atomic mass is 10.1. The van der Waals surface area contributed by atoms with Crippen LogP contribution in [0.25, 0.3) is 11.4 Å². The molecule has 0 spiro atoms. The highest BCUT2D eigenvalue weighted by atomic mass is 16.5. The number of ether oxygens (including phenoxy) is 1. The first-order valence-electron chi connectivity index (χ1n) is 4.41. The second kappa shape index (κ2) is 3.61. The van der Waals surface area contributed by atoms with E-state index in [-0.39, 0.29) is 0 Å². The van der Waals surface area contributed by atoms with Crippen molar-refractivity contribution in [3.63, 3.8) is 0 Å². The molecule has 0 radical (unpaired) electrons. The minimum atomic E-state index is -0.557. The molecule has 0 saturated heterocycles. The van der Waals surface area contributed by atoms with Gasteiger partial charge < -0.3 is 4.74 Å². The average Bonchev–Trinajstić information content (AvgIpc) is 2.65. The van der Waals surface area contributed by atoms with E-state index in [0.717, 1.165) is 16.9 Å². The maximum Gasteiger partial charge on any atom is 0.439 e. The molecule has 0 unspecified atom stereocenters. The molecule has 2 aromatic rings. The Balaban J connectivity index is 2.46. The lowest BCUT2D eigenvalue weighted by Crippen LogP contribution is -1.95. The number of aromatic amines is 1. The van der Waals surface area contributed by atoms with Crippen molar-refractivity contribution in [1.82, 2.24) is 10.1 Å². The molecule has 0 fully saturated rings. The summed E-state index contributed by atoms with van der Waals surface area (Å²) in [5.41, 5.74) is 1.76. The minimum absolute atomic E-state index is 0.422. The first-order chi connectivity index (χ1) is 7.20. The van der Waals surface area contributed by atoms with E-state index in [4.69, 9.17) is 4.74 Å². The summed E-state index contributed by atoms with van der Waals surface area (Å²) in [6.07, 6.45) is 0. The quantitative estimate of drug-likeness (QED) is 0.805. The van der Waals surface area contributed by atoms with E-state index in [1.807, 2.05) is 19.1 Å². The van der Waals surface area contributed by atoms with E-state index in [0.29, 0.717) is 5.82 Å². The van der Waals surface area contributed by atoms with Gasteiger partial charge in [-0.15, -0.1) is 0 Å². The maximum atomic E-state index is 10.8. The third-order valence-corrected chi connectivity index (χ3v) is 2.11. The Morgan fingerprint density at radius 2 is 2.27 bits per heavy atom. The Labute approximate surface area is 85.7 Å². The topological polar surface area (TPSA) is 68.1 Å². The molecule has 0 bridgehead atoms. The molecule has 1 N–H and O–H groups in total.